The van der Waals surface area contributed by atoms with Crippen molar-refractivity contribution >= 4 is 21.6 Å². The van der Waals surface area contributed by atoms with E-state index in [0.717, 1.165) is 9.87 Å². The first-order chi connectivity index (χ1) is 15.7. The number of hydrogen-bond donors (Lipinski definition) is 1. The zero-order valence-corrected chi connectivity index (χ0v) is 20.0. The Hall–Kier alpha value is -3.32. The number of nitrogens with one attached hydrogen (secondary N) is 1. The number of anilines is 1. The summed E-state index contributed by atoms with van der Waals surface area (Å²) in [6, 6.07) is 24.8. The van der Waals surface area contributed by atoms with Crippen LogP contribution in [-0.2, 0) is 21.2 Å². The molecule has 0 fully saturated rings. The predicted molar refractivity (Wildman–Crippen MR) is 131 cm³/mol. The van der Waals surface area contributed by atoms with Gasteiger partial charge in [0.25, 0.3) is 10.0 Å². The van der Waals surface area contributed by atoms with Crippen molar-refractivity contribution in [3.63, 3.8) is 0 Å². The standard InChI is InChI=1S/C26H30N2O4S/c1-4-32-24-18-12-11-17-23(24)28(33(30,31)22-15-9-6-10-16-22)20-25(29)27-26(2,3)19-21-13-7-5-8-14-21/h5-18H,4,19-20H2,1-3H3,(H,27,29). The summed E-state index contributed by atoms with van der Waals surface area (Å²) in [7, 11) is -4.01. The fourth-order valence-electron chi connectivity index (χ4n) is 3.66. The molecule has 0 unspecified atom stereocenters. The van der Waals surface area contributed by atoms with Crippen molar-refractivity contribution in [1.29, 1.82) is 0 Å². The number of para-hydroxylation sites is 2. The van der Waals surface area contributed by atoms with Crippen LogP contribution in [0, 0.1) is 0 Å². The molecule has 33 heavy (non-hydrogen) atoms. The highest BCUT2D eigenvalue weighted by Crippen LogP contribution is 2.32. The first-order valence-corrected chi connectivity index (χ1v) is 12.3. The van der Waals surface area contributed by atoms with Gasteiger partial charge in [0.05, 0.1) is 17.2 Å². The van der Waals surface area contributed by atoms with E-state index in [1.807, 2.05) is 51.1 Å². The van der Waals surface area contributed by atoms with Crippen molar-refractivity contribution in [1.82, 2.24) is 5.32 Å². The minimum absolute atomic E-state index is 0.104. The van der Waals surface area contributed by atoms with E-state index in [2.05, 4.69) is 5.32 Å². The normalized spacial score (nSPS) is 11.6. The van der Waals surface area contributed by atoms with Gasteiger partial charge in [0.2, 0.25) is 5.91 Å². The molecule has 3 aromatic rings. The van der Waals surface area contributed by atoms with Gasteiger partial charge in [-0.25, -0.2) is 8.42 Å². The second-order valence-electron chi connectivity index (χ2n) is 8.32. The first kappa shape index (κ1) is 24.3. The second kappa shape index (κ2) is 10.5. The number of amides is 1. The molecule has 174 valence electrons. The molecule has 3 rings (SSSR count). The summed E-state index contributed by atoms with van der Waals surface area (Å²) in [5.74, 6) is -0.00223. The molecule has 0 aliphatic rings. The van der Waals surface area contributed by atoms with Gasteiger partial charge in [-0.2, -0.15) is 0 Å². The Morgan fingerprint density at radius 3 is 2.12 bits per heavy atom. The maximum Gasteiger partial charge on any atom is 0.264 e. The van der Waals surface area contributed by atoms with Crippen LogP contribution < -0.4 is 14.4 Å². The molecule has 0 saturated heterocycles. The number of sulfonamides is 1. The third-order valence-corrected chi connectivity index (χ3v) is 6.79. The lowest BCUT2D eigenvalue weighted by atomic mass is 9.95. The van der Waals surface area contributed by atoms with Crippen molar-refractivity contribution in [2.45, 2.75) is 37.6 Å². The van der Waals surface area contributed by atoms with Crippen LogP contribution in [0.25, 0.3) is 0 Å². The number of carbonyl (C=O) groups excluding carboxylic acids is 1. The molecule has 0 bridgehead atoms. The monoisotopic (exact) mass is 466 g/mol. The molecule has 7 heteroatoms. The lowest BCUT2D eigenvalue weighted by Crippen LogP contribution is -2.50. The average Bonchev–Trinajstić information content (AvgIpc) is 2.79. The summed E-state index contributed by atoms with van der Waals surface area (Å²) in [5.41, 5.74) is 0.831. The predicted octanol–water partition coefficient (Wildman–Crippen LogP) is 4.42. The minimum Gasteiger partial charge on any atom is -0.492 e. The molecule has 3 aromatic carbocycles. The number of hydrogen-bond acceptors (Lipinski definition) is 4. The van der Waals surface area contributed by atoms with E-state index in [0.29, 0.717) is 24.5 Å². The molecule has 0 radical (unpaired) electrons. The van der Waals surface area contributed by atoms with Gasteiger partial charge in [0.1, 0.15) is 12.3 Å². The maximum atomic E-state index is 13.6. The number of nitrogens with zero attached hydrogens (tertiary/aromatic N) is 1. The highest BCUT2D eigenvalue weighted by molar-refractivity contribution is 7.92. The third-order valence-electron chi connectivity index (χ3n) is 5.02. The molecule has 0 aromatic heterocycles. The van der Waals surface area contributed by atoms with E-state index in [1.165, 1.54) is 12.1 Å². The second-order valence-corrected chi connectivity index (χ2v) is 10.2. The third kappa shape index (κ3) is 6.35. The van der Waals surface area contributed by atoms with E-state index in [9.17, 15) is 13.2 Å². The fourth-order valence-corrected chi connectivity index (χ4v) is 5.11. The lowest BCUT2D eigenvalue weighted by Gasteiger charge is -2.30. The smallest absolute Gasteiger partial charge is 0.264 e. The van der Waals surface area contributed by atoms with Crippen molar-refractivity contribution in [2.75, 3.05) is 17.5 Å². The summed E-state index contributed by atoms with van der Waals surface area (Å²) in [4.78, 5) is 13.2. The van der Waals surface area contributed by atoms with Gasteiger partial charge in [-0.15, -0.1) is 0 Å². The lowest BCUT2D eigenvalue weighted by molar-refractivity contribution is -0.121. The van der Waals surface area contributed by atoms with Crippen LogP contribution in [0.15, 0.2) is 89.8 Å². The number of rotatable bonds is 10. The molecule has 0 saturated carbocycles. The summed E-state index contributed by atoms with van der Waals surface area (Å²) >= 11 is 0. The Morgan fingerprint density at radius 2 is 1.48 bits per heavy atom. The Balaban J connectivity index is 1.91. The van der Waals surface area contributed by atoms with Crippen LogP contribution >= 0.6 is 0 Å². The summed E-state index contributed by atoms with van der Waals surface area (Å²) in [5, 5.41) is 2.99. The topological polar surface area (TPSA) is 75.7 Å². The Morgan fingerprint density at radius 1 is 0.909 bits per heavy atom. The summed E-state index contributed by atoms with van der Waals surface area (Å²) in [6.07, 6.45) is 0.612. The van der Waals surface area contributed by atoms with Crippen LogP contribution in [0.5, 0.6) is 5.75 Å². The molecule has 1 amide bonds. The Labute approximate surface area is 196 Å². The zero-order valence-electron chi connectivity index (χ0n) is 19.2. The van der Waals surface area contributed by atoms with E-state index in [4.69, 9.17) is 4.74 Å². The Bertz CT molecular complexity index is 1160. The van der Waals surface area contributed by atoms with Crippen LogP contribution in [0.3, 0.4) is 0 Å². The highest BCUT2D eigenvalue weighted by Gasteiger charge is 2.31. The molecule has 0 aliphatic carbocycles. The molecular formula is C26H30N2O4S. The molecule has 0 spiro atoms. The van der Waals surface area contributed by atoms with E-state index >= 15 is 0 Å². The van der Waals surface area contributed by atoms with E-state index in [-0.39, 0.29) is 11.4 Å². The van der Waals surface area contributed by atoms with Gasteiger partial charge in [-0.1, -0.05) is 60.7 Å². The zero-order chi connectivity index (χ0) is 23.9. The van der Waals surface area contributed by atoms with Gasteiger partial charge >= 0.3 is 0 Å². The molecule has 0 aliphatic heterocycles. The summed E-state index contributed by atoms with van der Waals surface area (Å²) < 4.78 is 33.9. The van der Waals surface area contributed by atoms with Crippen LogP contribution in [0.2, 0.25) is 0 Å². The SMILES string of the molecule is CCOc1ccccc1N(CC(=O)NC(C)(C)Cc1ccccc1)S(=O)(=O)c1ccccc1. The minimum atomic E-state index is -4.01. The van der Waals surface area contributed by atoms with Crippen molar-refractivity contribution in [3.05, 3.63) is 90.5 Å². The Kier molecular flexibility index (Phi) is 7.76. The largest absolute Gasteiger partial charge is 0.492 e. The molecule has 1 N–H and O–H groups in total. The molecular weight excluding hydrogens is 436 g/mol. The molecule has 0 heterocycles. The van der Waals surface area contributed by atoms with Crippen molar-refractivity contribution in [2.24, 2.45) is 0 Å². The summed E-state index contributed by atoms with van der Waals surface area (Å²) in [6.45, 7) is 5.65. The van der Waals surface area contributed by atoms with E-state index in [1.54, 1.807) is 42.5 Å². The highest BCUT2D eigenvalue weighted by atomic mass is 32.2. The van der Waals surface area contributed by atoms with Gasteiger partial charge < -0.3 is 10.1 Å². The number of ether oxygens (including phenoxy) is 1. The van der Waals surface area contributed by atoms with Gasteiger partial charge in [0, 0.05) is 5.54 Å². The molecule has 6 nitrogen and oxygen atoms in total. The number of benzene rings is 3. The van der Waals surface area contributed by atoms with Crippen molar-refractivity contribution in [3.8, 4) is 5.75 Å². The average molecular weight is 467 g/mol. The van der Waals surface area contributed by atoms with Gasteiger partial charge in [-0.3, -0.25) is 9.10 Å². The van der Waals surface area contributed by atoms with Crippen LogP contribution in [0.4, 0.5) is 5.69 Å². The van der Waals surface area contributed by atoms with Crippen LogP contribution in [0.1, 0.15) is 26.3 Å². The quantitative estimate of drug-likeness (QED) is 0.480. The molecule has 0 atom stereocenters. The van der Waals surface area contributed by atoms with Gasteiger partial charge in [0.15, 0.2) is 0 Å². The van der Waals surface area contributed by atoms with Gasteiger partial charge in [-0.05, 0) is 57.0 Å². The van der Waals surface area contributed by atoms with Crippen molar-refractivity contribution < 1.29 is 17.9 Å². The first-order valence-electron chi connectivity index (χ1n) is 10.9. The number of carbonyl (C=O) groups is 1. The van der Waals surface area contributed by atoms with E-state index < -0.39 is 21.5 Å². The van der Waals surface area contributed by atoms with Crippen LogP contribution in [-0.4, -0.2) is 33.0 Å². The fraction of sp³-hybridized carbons (Fsp3) is 0.269. The maximum absolute atomic E-state index is 13.6.